The average molecular weight is 438 g/mol. The molecule has 29 heavy (non-hydrogen) atoms. The lowest BCUT2D eigenvalue weighted by Gasteiger charge is -2.37. The molecule has 0 aliphatic rings. The van der Waals surface area contributed by atoms with Crippen LogP contribution in [0.4, 0.5) is 0 Å². The van der Waals surface area contributed by atoms with E-state index in [0.29, 0.717) is 12.3 Å². The van der Waals surface area contributed by atoms with Crippen LogP contribution in [0.15, 0.2) is 22.6 Å². The van der Waals surface area contributed by atoms with Crippen molar-refractivity contribution in [3.63, 3.8) is 0 Å². The smallest absolute Gasteiger partial charge is 0.191 e. The molecule has 1 aromatic rings. The molecule has 5 heteroatoms. The Labute approximate surface area is 184 Å². The lowest BCUT2D eigenvalue weighted by atomic mass is 10.0. The zero-order valence-electron chi connectivity index (χ0n) is 20.1. The van der Waals surface area contributed by atoms with Crippen molar-refractivity contribution in [1.82, 2.24) is 4.98 Å². The van der Waals surface area contributed by atoms with Gasteiger partial charge in [0, 0.05) is 12.0 Å². The second kappa shape index (κ2) is 11.6. The highest BCUT2D eigenvalue weighted by Crippen LogP contribution is 2.37. The maximum absolute atomic E-state index is 10.4. The highest BCUT2D eigenvalue weighted by molar-refractivity contribution is 7.09. The molecule has 2 atom stereocenters. The first-order valence-corrected chi connectivity index (χ1v) is 14.7. The van der Waals surface area contributed by atoms with Crippen LogP contribution in [0.1, 0.15) is 77.9 Å². The van der Waals surface area contributed by atoms with Crippen molar-refractivity contribution in [2.24, 2.45) is 5.92 Å². The Balaban J connectivity index is 2.35. The van der Waals surface area contributed by atoms with Gasteiger partial charge in [0.2, 0.25) is 0 Å². The van der Waals surface area contributed by atoms with Crippen molar-refractivity contribution in [3.8, 4) is 0 Å². The number of aliphatic hydroxyl groups is 1. The van der Waals surface area contributed by atoms with Crippen molar-refractivity contribution in [2.45, 2.75) is 98.4 Å². The first-order valence-electron chi connectivity index (χ1n) is 10.9. The largest absolute Gasteiger partial charge is 0.417 e. The Morgan fingerprint density at radius 1 is 1.31 bits per heavy atom. The number of thiazole rings is 1. The van der Waals surface area contributed by atoms with Gasteiger partial charge in [-0.25, -0.2) is 4.98 Å². The monoisotopic (exact) mass is 437 g/mol. The first-order chi connectivity index (χ1) is 13.3. The zero-order valence-corrected chi connectivity index (χ0v) is 21.9. The molecule has 0 aliphatic carbocycles. The number of hydrogen-bond acceptors (Lipinski definition) is 4. The Hall–Kier alpha value is -0.753. The Morgan fingerprint density at radius 2 is 1.97 bits per heavy atom. The summed E-state index contributed by atoms with van der Waals surface area (Å²) in [5, 5.41) is 13.8. The molecule has 0 saturated heterocycles. The topological polar surface area (TPSA) is 42.4 Å². The minimum Gasteiger partial charge on any atom is -0.417 e. The van der Waals surface area contributed by atoms with Crippen LogP contribution in [-0.4, -0.2) is 31.1 Å². The summed E-state index contributed by atoms with van der Waals surface area (Å²) in [5.41, 5.74) is 3.27. The number of rotatable bonds is 11. The Bertz CT molecular complexity index is 685. The molecule has 0 amide bonds. The number of aryl methyl sites for hydroxylation is 1. The van der Waals surface area contributed by atoms with Crippen LogP contribution in [0.2, 0.25) is 18.1 Å². The molecule has 0 radical (unpaired) electrons. The van der Waals surface area contributed by atoms with E-state index >= 15 is 0 Å². The van der Waals surface area contributed by atoms with Gasteiger partial charge in [0.05, 0.1) is 16.8 Å². The minimum atomic E-state index is -1.64. The van der Waals surface area contributed by atoms with E-state index < -0.39 is 14.4 Å². The van der Waals surface area contributed by atoms with Gasteiger partial charge in [0.1, 0.15) is 0 Å². The van der Waals surface area contributed by atoms with Crippen molar-refractivity contribution in [1.29, 1.82) is 0 Å². The van der Waals surface area contributed by atoms with Crippen LogP contribution < -0.4 is 0 Å². The van der Waals surface area contributed by atoms with Crippen LogP contribution in [0.25, 0.3) is 6.08 Å². The van der Waals surface area contributed by atoms with Gasteiger partial charge in [-0.3, -0.25) is 0 Å². The second-order valence-electron chi connectivity index (χ2n) is 10.1. The summed E-state index contributed by atoms with van der Waals surface area (Å²) in [5.74, 6) is 0.592. The molecule has 2 unspecified atom stereocenters. The molecular weight excluding hydrogens is 394 g/mol. The van der Waals surface area contributed by atoms with Gasteiger partial charge in [-0.1, -0.05) is 39.3 Å². The van der Waals surface area contributed by atoms with E-state index in [9.17, 15) is 5.11 Å². The van der Waals surface area contributed by atoms with Crippen molar-refractivity contribution >= 4 is 25.7 Å². The number of nitrogens with zero attached hydrogens (tertiary/aromatic N) is 1. The molecule has 0 aliphatic heterocycles. The SMILES string of the molecule is CC(=CCC(O)C(C)=Cc1csc(C)n1)CCCC(C)CO[Si](C)(C)C(C)(C)C. The standard InChI is InChI=1S/C24H43NO2SSi/c1-18(11-10-12-19(2)16-27-29(8,9)24(5,6)7)13-14-23(26)20(3)15-22-17-28-21(4)25-22/h13,15,17,19,23,26H,10-12,14,16H2,1-9H3. The highest BCUT2D eigenvalue weighted by Gasteiger charge is 2.37. The van der Waals surface area contributed by atoms with E-state index in [1.807, 2.05) is 25.3 Å². The third kappa shape index (κ3) is 9.73. The van der Waals surface area contributed by atoms with Crippen molar-refractivity contribution in [3.05, 3.63) is 33.3 Å². The van der Waals surface area contributed by atoms with Crippen molar-refractivity contribution in [2.75, 3.05) is 6.61 Å². The third-order valence-corrected chi connectivity index (χ3v) is 11.3. The van der Waals surface area contributed by atoms with E-state index in [0.717, 1.165) is 29.3 Å². The van der Waals surface area contributed by atoms with Crippen molar-refractivity contribution < 1.29 is 9.53 Å². The molecule has 166 valence electrons. The fraction of sp³-hybridized carbons (Fsp3) is 0.708. The lowest BCUT2D eigenvalue weighted by molar-refractivity contribution is 0.215. The van der Waals surface area contributed by atoms with Gasteiger partial charge >= 0.3 is 0 Å². The zero-order chi connectivity index (χ0) is 22.2. The summed E-state index contributed by atoms with van der Waals surface area (Å²) in [6.45, 7) is 20.8. The maximum Gasteiger partial charge on any atom is 0.191 e. The molecule has 0 saturated carbocycles. The van der Waals surface area contributed by atoms with Gasteiger partial charge in [-0.15, -0.1) is 11.3 Å². The first kappa shape index (κ1) is 26.3. The number of hydrogen-bond donors (Lipinski definition) is 1. The summed E-state index contributed by atoms with van der Waals surface area (Å²) < 4.78 is 6.35. The molecule has 0 aromatic carbocycles. The van der Waals surface area contributed by atoms with E-state index in [-0.39, 0.29) is 5.04 Å². The quantitative estimate of drug-likeness (QED) is 0.290. The van der Waals surface area contributed by atoms with Gasteiger partial charge in [0.15, 0.2) is 8.32 Å². The molecule has 0 spiro atoms. The summed E-state index contributed by atoms with van der Waals surface area (Å²) in [6, 6.07) is 0. The summed E-state index contributed by atoms with van der Waals surface area (Å²) >= 11 is 1.64. The number of aromatic nitrogens is 1. The second-order valence-corrected chi connectivity index (χ2v) is 15.9. The molecule has 0 fully saturated rings. The molecule has 1 rings (SSSR count). The lowest BCUT2D eigenvalue weighted by Crippen LogP contribution is -2.41. The summed E-state index contributed by atoms with van der Waals surface area (Å²) in [6.07, 6.45) is 7.85. The van der Waals surface area contributed by atoms with Gasteiger partial charge < -0.3 is 9.53 Å². The van der Waals surface area contributed by atoms with Gasteiger partial charge in [-0.05, 0) is 82.2 Å². The highest BCUT2D eigenvalue weighted by atomic mass is 32.1. The normalized spacial score (nSPS) is 16.2. The Morgan fingerprint density at radius 3 is 2.52 bits per heavy atom. The number of aliphatic hydroxyl groups excluding tert-OH is 1. The molecule has 1 N–H and O–H groups in total. The van der Waals surface area contributed by atoms with E-state index in [2.05, 4.69) is 58.8 Å². The molecule has 1 aromatic heterocycles. The van der Waals surface area contributed by atoms with Gasteiger partial charge in [-0.2, -0.15) is 0 Å². The Kier molecular flexibility index (Phi) is 10.5. The fourth-order valence-electron chi connectivity index (χ4n) is 2.76. The molecule has 1 heterocycles. The summed E-state index contributed by atoms with van der Waals surface area (Å²) in [7, 11) is -1.64. The third-order valence-electron chi connectivity index (χ3n) is 6.03. The average Bonchev–Trinajstić information content (AvgIpc) is 3.01. The number of allylic oxidation sites excluding steroid dienone is 1. The predicted octanol–water partition coefficient (Wildman–Crippen LogP) is 7.38. The molecule has 0 bridgehead atoms. The maximum atomic E-state index is 10.4. The minimum absolute atomic E-state index is 0.276. The summed E-state index contributed by atoms with van der Waals surface area (Å²) in [4.78, 5) is 4.44. The van der Waals surface area contributed by atoms with Gasteiger partial charge in [0.25, 0.3) is 0 Å². The van der Waals surface area contributed by atoms with Crippen LogP contribution in [0, 0.1) is 12.8 Å². The fourth-order valence-corrected chi connectivity index (χ4v) is 4.46. The van der Waals surface area contributed by atoms with Crippen LogP contribution >= 0.6 is 11.3 Å². The van der Waals surface area contributed by atoms with Crippen LogP contribution in [-0.2, 0) is 4.43 Å². The van der Waals surface area contributed by atoms with E-state index in [4.69, 9.17) is 4.43 Å². The predicted molar refractivity (Wildman–Crippen MR) is 131 cm³/mol. The van der Waals surface area contributed by atoms with E-state index in [1.54, 1.807) is 11.3 Å². The van der Waals surface area contributed by atoms with Crippen LogP contribution in [0.5, 0.6) is 0 Å². The molecule has 3 nitrogen and oxygen atoms in total. The van der Waals surface area contributed by atoms with E-state index in [1.165, 1.54) is 18.4 Å². The van der Waals surface area contributed by atoms with Crippen LogP contribution in [0.3, 0.4) is 0 Å². The molecular formula is C24H43NO2SSi.